The van der Waals surface area contributed by atoms with Gasteiger partial charge in [0.05, 0.1) is 0 Å². The van der Waals surface area contributed by atoms with Crippen molar-refractivity contribution < 1.29 is 4.79 Å². The Kier molecular flexibility index (Phi) is 4.48. The summed E-state index contributed by atoms with van der Waals surface area (Å²) in [5.74, 6) is 0.617. The first kappa shape index (κ1) is 15.0. The summed E-state index contributed by atoms with van der Waals surface area (Å²) in [6, 6.07) is 4.50. The van der Waals surface area contributed by atoms with Crippen LogP contribution in [0.4, 0.5) is 0 Å². The Hall–Kier alpha value is -1.35. The lowest BCUT2D eigenvalue weighted by molar-refractivity contribution is 0.0565. The van der Waals surface area contributed by atoms with E-state index >= 15 is 0 Å². The monoisotopic (exact) mass is 274 g/mol. The van der Waals surface area contributed by atoms with E-state index in [-0.39, 0.29) is 5.91 Å². The van der Waals surface area contributed by atoms with E-state index in [1.165, 1.54) is 5.56 Å². The number of piperidine rings is 1. The van der Waals surface area contributed by atoms with Crippen molar-refractivity contribution in [2.75, 3.05) is 13.1 Å². The number of likely N-dealkylation sites (tertiary alicyclic amines) is 1. The standard InChI is InChI=1S/C17H26N2O/c1-11-7-12(2)16(13(3)8-11)17(20)19-10-15(9-18)6-5-14(19)4/h7-8,14-15H,5-6,9-10,18H2,1-4H3. The maximum absolute atomic E-state index is 12.9. The van der Waals surface area contributed by atoms with Gasteiger partial charge >= 0.3 is 0 Å². The summed E-state index contributed by atoms with van der Waals surface area (Å²) < 4.78 is 0. The van der Waals surface area contributed by atoms with Gasteiger partial charge in [0.2, 0.25) is 0 Å². The second-order valence-corrected chi connectivity index (χ2v) is 6.26. The Morgan fingerprint density at radius 3 is 2.40 bits per heavy atom. The van der Waals surface area contributed by atoms with E-state index in [9.17, 15) is 4.79 Å². The third-order valence-corrected chi connectivity index (χ3v) is 4.46. The maximum atomic E-state index is 12.9. The number of aryl methyl sites for hydroxylation is 3. The molecule has 1 aliphatic heterocycles. The largest absolute Gasteiger partial charge is 0.336 e. The Balaban J connectivity index is 2.30. The molecular weight excluding hydrogens is 248 g/mol. The first-order chi connectivity index (χ1) is 9.43. The molecule has 3 nitrogen and oxygen atoms in total. The molecular formula is C17H26N2O. The van der Waals surface area contributed by atoms with Gasteiger partial charge in [0.15, 0.2) is 0 Å². The number of amides is 1. The molecule has 0 aromatic heterocycles. The molecule has 1 heterocycles. The zero-order valence-electron chi connectivity index (χ0n) is 13.1. The maximum Gasteiger partial charge on any atom is 0.254 e. The number of nitrogens with zero attached hydrogens (tertiary/aromatic N) is 1. The highest BCUT2D eigenvalue weighted by molar-refractivity contribution is 5.97. The summed E-state index contributed by atoms with van der Waals surface area (Å²) in [5.41, 5.74) is 10.0. The van der Waals surface area contributed by atoms with E-state index in [0.717, 1.165) is 36.1 Å². The lowest BCUT2D eigenvalue weighted by Crippen LogP contribution is -2.47. The van der Waals surface area contributed by atoms with Crippen LogP contribution in [0.25, 0.3) is 0 Å². The normalized spacial score (nSPS) is 22.9. The highest BCUT2D eigenvalue weighted by Gasteiger charge is 2.30. The Bertz CT molecular complexity index is 487. The molecule has 110 valence electrons. The number of hydrogen-bond acceptors (Lipinski definition) is 2. The molecule has 2 rings (SSSR count). The number of rotatable bonds is 2. The SMILES string of the molecule is Cc1cc(C)c(C(=O)N2CC(CN)CCC2C)c(C)c1. The molecule has 1 aromatic rings. The molecule has 2 atom stereocenters. The summed E-state index contributed by atoms with van der Waals surface area (Å²) in [7, 11) is 0. The van der Waals surface area contributed by atoms with Crippen molar-refractivity contribution in [3.63, 3.8) is 0 Å². The van der Waals surface area contributed by atoms with Crippen LogP contribution >= 0.6 is 0 Å². The number of hydrogen-bond donors (Lipinski definition) is 1. The minimum atomic E-state index is 0.172. The first-order valence-electron chi connectivity index (χ1n) is 7.53. The van der Waals surface area contributed by atoms with Gasteiger partial charge in [0.25, 0.3) is 5.91 Å². The van der Waals surface area contributed by atoms with Crippen LogP contribution in [0.15, 0.2) is 12.1 Å². The molecule has 0 bridgehead atoms. The van der Waals surface area contributed by atoms with Crippen molar-refractivity contribution in [1.29, 1.82) is 0 Å². The van der Waals surface area contributed by atoms with Crippen LogP contribution in [0, 0.1) is 26.7 Å². The molecule has 0 spiro atoms. The Morgan fingerprint density at radius 2 is 1.85 bits per heavy atom. The van der Waals surface area contributed by atoms with Gasteiger partial charge in [-0.2, -0.15) is 0 Å². The van der Waals surface area contributed by atoms with Crippen molar-refractivity contribution in [2.24, 2.45) is 11.7 Å². The molecule has 0 saturated carbocycles. The molecule has 2 N–H and O–H groups in total. The van der Waals surface area contributed by atoms with Crippen molar-refractivity contribution in [2.45, 2.75) is 46.6 Å². The van der Waals surface area contributed by atoms with E-state index in [4.69, 9.17) is 5.73 Å². The van der Waals surface area contributed by atoms with Crippen molar-refractivity contribution in [3.05, 3.63) is 34.4 Å². The smallest absolute Gasteiger partial charge is 0.254 e. The van der Waals surface area contributed by atoms with Crippen molar-refractivity contribution >= 4 is 5.91 Å². The number of benzene rings is 1. The molecule has 20 heavy (non-hydrogen) atoms. The fourth-order valence-corrected chi connectivity index (χ4v) is 3.32. The second-order valence-electron chi connectivity index (χ2n) is 6.26. The van der Waals surface area contributed by atoms with Crippen LogP contribution in [0.5, 0.6) is 0 Å². The van der Waals surface area contributed by atoms with Crippen LogP contribution in [0.2, 0.25) is 0 Å². The van der Waals surface area contributed by atoms with Crippen LogP contribution in [-0.2, 0) is 0 Å². The summed E-state index contributed by atoms with van der Waals surface area (Å²) in [4.78, 5) is 14.9. The molecule has 3 heteroatoms. The van der Waals surface area contributed by atoms with Gasteiger partial charge in [-0.15, -0.1) is 0 Å². The Labute approximate surface area is 122 Å². The molecule has 1 amide bonds. The topological polar surface area (TPSA) is 46.3 Å². The fourth-order valence-electron chi connectivity index (χ4n) is 3.32. The van der Waals surface area contributed by atoms with Crippen molar-refractivity contribution in [3.8, 4) is 0 Å². The van der Waals surface area contributed by atoms with E-state index in [0.29, 0.717) is 18.5 Å². The second kappa shape index (κ2) is 5.96. The van der Waals surface area contributed by atoms with E-state index in [1.807, 2.05) is 18.7 Å². The molecule has 1 aromatic carbocycles. The highest BCUT2D eigenvalue weighted by atomic mass is 16.2. The van der Waals surface area contributed by atoms with Gasteiger partial charge in [-0.3, -0.25) is 4.79 Å². The van der Waals surface area contributed by atoms with Gasteiger partial charge in [-0.05, 0) is 64.1 Å². The lowest BCUT2D eigenvalue weighted by atomic mass is 9.91. The van der Waals surface area contributed by atoms with Gasteiger partial charge in [0, 0.05) is 18.2 Å². The predicted molar refractivity (Wildman–Crippen MR) is 82.9 cm³/mol. The number of carbonyl (C=O) groups is 1. The number of carbonyl (C=O) groups excluding carboxylic acids is 1. The van der Waals surface area contributed by atoms with Gasteiger partial charge in [-0.1, -0.05) is 17.7 Å². The molecule has 2 unspecified atom stereocenters. The minimum Gasteiger partial charge on any atom is -0.336 e. The van der Waals surface area contributed by atoms with Gasteiger partial charge in [0.1, 0.15) is 0 Å². The first-order valence-corrected chi connectivity index (χ1v) is 7.53. The van der Waals surface area contributed by atoms with Crippen molar-refractivity contribution in [1.82, 2.24) is 4.90 Å². The number of nitrogens with two attached hydrogens (primary N) is 1. The highest BCUT2D eigenvalue weighted by Crippen LogP contribution is 2.26. The molecule has 1 aliphatic rings. The summed E-state index contributed by atoms with van der Waals surface area (Å²) >= 11 is 0. The minimum absolute atomic E-state index is 0.172. The van der Waals surface area contributed by atoms with E-state index in [1.54, 1.807) is 0 Å². The quantitative estimate of drug-likeness (QED) is 0.901. The molecule has 0 radical (unpaired) electrons. The van der Waals surface area contributed by atoms with E-state index < -0.39 is 0 Å². The third-order valence-electron chi connectivity index (χ3n) is 4.46. The van der Waals surface area contributed by atoms with Crippen LogP contribution in [0.1, 0.15) is 46.8 Å². The average Bonchev–Trinajstić information content (AvgIpc) is 2.37. The van der Waals surface area contributed by atoms with E-state index in [2.05, 4.69) is 26.0 Å². The summed E-state index contributed by atoms with van der Waals surface area (Å²) in [5, 5.41) is 0. The molecule has 1 saturated heterocycles. The van der Waals surface area contributed by atoms with Gasteiger partial charge < -0.3 is 10.6 Å². The van der Waals surface area contributed by atoms with Crippen LogP contribution < -0.4 is 5.73 Å². The van der Waals surface area contributed by atoms with Gasteiger partial charge in [-0.25, -0.2) is 0 Å². The third kappa shape index (κ3) is 2.88. The van der Waals surface area contributed by atoms with Crippen LogP contribution in [-0.4, -0.2) is 29.9 Å². The molecule has 1 fully saturated rings. The zero-order chi connectivity index (χ0) is 14.9. The zero-order valence-corrected chi connectivity index (χ0v) is 13.1. The predicted octanol–water partition coefficient (Wildman–Crippen LogP) is 2.81. The Morgan fingerprint density at radius 1 is 1.25 bits per heavy atom. The summed E-state index contributed by atoms with van der Waals surface area (Å²) in [6.07, 6.45) is 2.19. The average molecular weight is 274 g/mol. The molecule has 0 aliphatic carbocycles. The lowest BCUT2D eigenvalue weighted by Gasteiger charge is -2.38. The fraction of sp³-hybridized carbons (Fsp3) is 0.588. The summed E-state index contributed by atoms with van der Waals surface area (Å²) in [6.45, 7) is 9.74. The van der Waals surface area contributed by atoms with Crippen LogP contribution in [0.3, 0.4) is 0 Å².